The van der Waals surface area contributed by atoms with Gasteiger partial charge in [0.1, 0.15) is 23.0 Å². The Morgan fingerprint density at radius 2 is 1.91 bits per heavy atom. The van der Waals surface area contributed by atoms with Gasteiger partial charge in [-0.15, -0.1) is 0 Å². The van der Waals surface area contributed by atoms with Crippen molar-refractivity contribution >= 4 is 11.7 Å². The first kappa shape index (κ1) is 24.2. The van der Waals surface area contributed by atoms with Gasteiger partial charge in [0.15, 0.2) is 0 Å². The quantitative estimate of drug-likeness (QED) is 0.441. The van der Waals surface area contributed by atoms with Crippen LogP contribution in [0.15, 0.2) is 35.6 Å². The minimum absolute atomic E-state index is 0.0762. The number of likely N-dealkylation sites (tertiary alicyclic amines) is 1. The monoisotopic (exact) mass is 446 g/mol. The number of piperidine rings is 1. The summed E-state index contributed by atoms with van der Waals surface area (Å²) in [5.41, 5.74) is 0.611. The van der Waals surface area contributed by atoms with Crippen LogP contribution < -0.4 is 0 Å². The summed E-state index contributed by atoms with van der Waals surface area (Å²) >= 11 is 0. The van der Waals surface area contributed by atoms with Gasteiger partial charge in [0, 0.05) is 19.1 Å². The van der Waals surface area contributed by atoms with E-state index < -0.39 is 12.3 Å². The molecule has 1 aromatic rings. The van der Waals surface area contributed by atoms with Crippen LogP contribution >= 0.6 is 0 Å². The number of aliphatic hydroxyl groups is 2. The molecule has 2 fully saturated rings. The Bertz CT molecular complexity index is 857. The van der Waals surface area contributed by atoms with Gasteiger partial charge in [0.25, 0.3) is 5.91 Å². The number of hydrogen-bond acceptors (Lipinski definition) is 5. The number of aliphatic hydroxyl groups excluding tert-OH is 2. The highest BCUT2D eigenvalue weighted by atomic mass is 19.1. The molecule has 3 unspecified atom stereocenters. The molecular formula is C24H35FN4O3. The Kier molecular flexibility index (Phi) is 7.90. The van der Waals surface area contributed by atoms with Crippen molar-refractivity contribution in [2.45, 2.75) is 65.4 Å². The minimum Gasteiger partial charge on any atom is -0.510 e. The van der Waals surface area contributed by atoms with E-state index in [0.717, 1.165) is 32.2 Å². The number of benzene rings is 1. The molecule has 0 radical (unpaired) electrons. The number of amidine groups is 1. The van der Waals surface area contributed by atoms with Gasteiger partial charge >= 0.3 is 0 Å². The largest absolute Gasteiger partial charge is 0.510 e. The molecule has 1 aromatic carbocycles. The fraction of sp³-hybridized carbons (Fsp3) is 0.583. The van der Waals surface area contributed by atoms with Gasteiger partial charge in [-0.05, 0) is 49.9 Å². The molecule has 32 heavy (non-hydrogen) atoms. The van der Waals surface area contributed by atoms with Gasteiger partial charge in [-0.3, -0.25) is 20.0 Å². The second-order valence-electron chi connectivity index (χ2n) is 8.78. The van der Waals surface area contributed by atoms with E-state index in [1.54, 1.807) is 19.1 Å². The Morgan fingerprint density at radius 3 is 2.53 bits per heavy atom. The number of likely N-dealkylation sites (N-methyl/N-ethyl adjacent to an activating group) is 1. The summed E-state index contributed by atoms with van der Waals surface area (Å²) in [6, 6.07) is 6.12. The summed E-state index contributed by atoms with van der Waals surface area (Å²) in [5.74, 6) is -0.798. The predicted molar refractivity (Wildman–Crippen MR) is 121 cm³/mol. The van der Waals surface area contributed by atoms with Gasteiger partial charge in [0.05, 0.1) is 6.54 Å². The normalized spacial score (nSPS) is 25.3. The van der Waals surface area contributed by atoms with Crippen molar-refractivity contribution in [3.05, 3.63) is 47.0 Å². The summed E-state index contributed by atoms with van der Waals surface area (Å²) in [4.78, 5) is 17.9. The zero-order chi connectivity index (χ0) is 23.4. The lowest BCUT2D eigenvalue weighted by atomic mass is 9.89. The van der Waals surface area contributed by atoms with Crippen molar-refractivity contribution in [3.8, 4) is 0 Å². The van der Waals surface area contributed by atoms with E-state index in [0.29, 0.717) is 17.5 Å². The molecule has 2 aliphatic heterocycles. The lowest BCUT2D eigenvalue weighted by molar-refractivity contribution is -0.151. The summed E-state index contributed by atoms with van der Waals surface area (Å²) < 4.78 is 13.3. The molecule has 0 spiro atoms. The predicted octanol–water partition coefficient (Wildman–Crippen LogP) is 3.46. The molecule has 176 valence electrons. The van der Waals surface area contributed by atoms with E-state index in [4.69, 9.17) is 5.41 Å². The Labute approximate surface area is 189 Å². The van der Waals surface area contributed by atoms with Gasteiger partial charge in [-0.1, -0.05) is 38.8 Å². The number of nitrogens with zero attached hydrogens (tertiary/aromatic N) is 3. The van der Waals surface area contributed by atoms with Gasteiger partial charge < -0.3 is 15.1 Å². The minimum atomic E-state index is -1.33. The van der Waals surface area contributed by atoms with Crippen LogP contribution in [0.3, 0.4) is 0 Å². The first-order valence-corrected chi connectivity index (χ1v) is 11.5. The Morgan fingerprint density at radius 1 is 1.22 bits per heavy atom. The molecule has 0 saturated carbocycles. The standard InChI is InChI=1S/C24H35FN4O3/c1-4-16(3)19-8-6-7-13-27(19)15-20(30)21-22(26)29(24(32)28(5-2)23(21)31)14-17-9-11-18(25)12-10-17/h9-12,16,19,24,26,30,32H,4-8,13-15H2,1-3H3. The Hall–Kier alpha value is -2.45. The van der Waals surface area contributed by atoms with Gasteiger partial charge in [-0.2, -0.15) is 0 Å². The second-order valence-corrected chi connectivity index (χ2v) is 8.78. The molecule has 1 amide bonds. The van der Waals surface area contributed by atoms with E-state index in [-0.39, 0.29) is 42.6 Å². The SMILES string of the molecule is CCC(C)C1CCCCN1CC(O)=C1C(=N)N(Cc2ccc(F)cc2)C(O)N(CC)C1=O. The number of carbonyl (C=O) groups excluding carboxylic acids is 1. The zero-order valence-electron chi connectivity index (χ0n) is 19.2. The molecule has 0 aromatic heterocycles. The lowest BCUT2D eigenvalue weighted by Gasteiger charge is -2.43. The van der Waals surface area contributed by atoms with Crippen molar-refractivity contribution in [3.63, 3.8) is 0 Å². The highest BCUT2D eigenvalue weighted by Crippen LogP contribution is 2.28. The molecule has 0 aliphatic carbocycles. The maximum atomic E-state index is 13.3. The van der Waals surface area contributed by atoms with Crippen LogP contribution in [-0.4, -0.2) is 68.7 Å². The summed E-state index contributed by atoms with van der Waals surface area (Å²) in [6.07, 6.45) is 2.95. The van der Waals surface area contributed by atoms with E-state index in [1.807, 2.05) is 0 Å². The molecule has 8 heteroatoms. The van der Waals surface area contributed by atoms with Crippen LogP contribution in [0.1, 0.15) is 52.0 Å². The van der Waals surface area contributed by atoms with E-state index >= 15 is 0 Å². The molecule has 2 aliphatic rings. The fourth-order valence-electron chi connectivity index (χ4n) is 4.69. The number of rotatable bonds is 7. The van der Waals surface area contributed by atoms with E-state index in [1.165, 1.54) is 21.9 Å². The maximum Gasteiger partial charge on any atom is 0.264 e. The van der Waals surface area contributed by atoms with Crippen LogP contribution in [0.4, 0.5) is 4.39 Å². The van der Waals surface area contributed by atoms with Gasteiger partial charge in [-0.25, -0.2) is 4.39 Å². The lowest BCUT2D eigenvalue weighted by Crippen LogP contribution is -2.59. The summed E-state index contributed by atoms with van der Waals surface area (Å²) in [7, 11) is 0. The van der Waals surface area contributed by atoms with Crippen LogP contribution in [0.5, 0.6) is 0 Å². The molecule has 3 N–H and O–H groups in total. The highest BCUT2D eigenvalue weighted by Gasteiger charge is 2.41. The van der Waals surface area contributed by atoms with E-state index in [9.17, 15) is 19.4 Å². The highest BCUT2D eigenvalue weighted by molar-refractivity contribution is 6.21. The van der Waals surface area contributed by atoms with Crippen LogP contribution in [0.25, 0.3) is 0 Å². The third-order valence-corrected chi connectivity index (χ3v) is 6.77. The first-order chi connectivity index (χ1) is 15.3. The number of halogens is 1. The molecule has 0 bridgehead atoms. The average molecular weight is 447 g/mol. The smallest absolute Gasteiger partial charge is 0.264 e. The van der Waals surface area contributed by atoms with E-state index in [2.05, 4.69) is 18.7 Å². The number of carbonyl (C=O) groups is 1. The first-order valence-electron chi connectivity index (χ1n) is 11.5. The molecule has 3 atom stereocenters. The van der Waals surface area contributed by atoms with Crippen molar-refractivity contribution in [2.75, 3.05) is 19.6 Å². The fourth-order valence-corrected chi connectivity index (χ4v) is 4.69. The van der Waals surface area contributed by atoms with Crippen molar-refractivity contribution in [1.29, 1.82) is 5.41 Å². The summed E-state index contributed by atoms with van der Waals surface area (Å²) in [6.45, 7) is 7.49. The molecule has 7 nitrogen and oxygen atoms in total. The Balaban J connectivity index is 1.89. The molecule has 2 saturated heterocycles. The third-order valence-electron chi connectivity index (χ3n) is 6.77. The number of nitrogens with one attached hydrogen (secondary N) is 1. The average Bonchev–Trinajstić information content (AvgIpc) is 2.78. The van der Waals surface area contributed by atoms with Crippen molar-refractivity contribution < 1.29 is 19.4 Å². The summed E-state index contributed by atoms with van der Waals surface area (Å²) in [5, 5.41) is 30.5. The topological polar surface area (TPSA) is 91.1 Å². The molecule has 2 heterocycles. The van der Waals surface area contributed by atoms with Crippen molar-refractivity contribution in [1.82, 2.24) is 14.7 Å². The third kappa shape index (κ3) is 4.96. The number of amides is 1. The van der Waals surface area contributed by atoms with Crippen LogP contribution in [-0.2, 0) is 11.3 Å². The molecule has 3 rings (SSSR count). The van der Waals surface area contributed by atoms with Crippen LogP contribution in [0, 0.1) is 17.1 Å². The molecular weight excluding hydrogens is 411 g/mol. The maximum absolute atomic E-state index is 13.3. The van der Waals surface area contributed by atoms with Crippen LogP contribution in [0.2, 0.25) is 0 Å². The number of hydrogen-bond donors (Lipinski definition) is 3. The second kappa shape index (κ2) is 10.4. The van der Waals surface area contributed by atoms with Crippen molar-refractivity contribution in [2.24, 2.45) is 5.92 Å². The zero-order valence-corrected chi connectivity index (χ0v) is 19.2. The van der Waals surface area contributed by atoms with Gasteiger partial charge in [0.2, 0.25) is 6.35 Å².